The van der Waals surface area contributed by atoms with Crippen LogP contribution in [0.4, 0.5) is 0 Å². The lowest BCUT2D eigenvalue weighted by molar-refractivity contribution is -0.134. The van der Waals surface area contributed by atoms with Gasteiger partial charge in [0.15, 0.2) is 0 Å². The summed E-state index contributed by atoms with van der Waals surface area (Å²) in [5, 5.41) is 3.00. The Kier molecular flexibility index (Phi) is 4.54. The molecule has 15 heavy (non-hydrogen) atoms. The summed E-state index contributed by atoms with van der Waals surface area (Å²) < 4.78 is 0. The van der Waals surface area contributed by atoms with Crippen molar-refractivity contribution in [2.45, 2.75) is 31.8 Å². The van der Waals surface area contributed by atoms with Gasteiger partial charge in [0.2, 0.25) is 5.91 Å². The molecule has 4 heteroatoms. The zero-order valence-corrected chi connectivity index (χ0v) is 10.3. The Morgan fingerprint density at radius 1 is 1.53 bits per heavy atom. The Balaban J connectivity index is 2.52. The number of nitrogens with one attached hydrogen (secondary N) is 1. The van der Waals surface area contributed by atoms with E-state index in [1.807, 2.05) is 18.9 Å². The second-order valence-corrected chi connectivity index (χ2v) is 4.55. The quantitative estimate of drug-likeness (QED) is 0.725. The van der Waals surface area contributed by atoms with Crippen LogP contribution < -0.4 is 5.32 Å². The van der Waals surface area contributed by atoms with E-state index in [0.29, 0.717) is 6.04 Å². The van der Waals surface area contributed by atoms with Crippen molar-refractivity contribution in [2.75, 3.05) is 34.2 Å². The molecule has 1 N–H and O–H groups in total. The summed E-state index contributed by atoms with van der Waals surface area (Å²) in [5.74, 6) is 0.226. The summed E-state index contributed by atoms with van der Waals surface area (Å²) in [6, 6.07) is 0.456. The number of piperidine rings is 1. The number of carbonyl (C=O) groups excluding carboxylic acids is 1. The van der Waals surface area contributed by atoms with Crippen molar-refractivity contribution in [1.29, 1.82) is 0 Å². The molecule has 1 fully saturated rings. The zero-order chi connectivity index (χ0) is 11.4. The molecule has 0 saturated carbocycles. The van der Waals surface area contributed by atoms with Crippen molar-refractivity contribution in [3.05, 3.63) is 0 Å². The van der Waals surface area contributed by atoms with Crippen LogP contribution in [-0.2, 0) is 4.79 Å². The van der Waals surface area contributed by atoms with Crippen LogP contribution in [0, 0.1) is 0 Å². The van der Waals surface area contributed by atoms with Crippen molar-refractivity contribution in [3.8, 4) is 0 Å². The molecule has 1 saturated heterocycles. The highest BCUT2D eigenvalue weighted by molar-refractivity contribution is 5.81. The molecular weight excluding hydrogens is 190 g/mol. The fourth-order valence-electron chi connectivity index (χ4n) is 1.97. The monoisotopic (exact) mass is 213 g/mol. The van der Waals surface area contributed by atoms with Crippen LogP contribution in [0.2, 0.25) is 0 Å². The molecular formula is C11H23N3O. The summed E-state index contributed by atoms with van der Waals surface area (Å²) in [5.41, 5.74) is 0. The number of likely N-dealkylation sites (N-methyl/N-ethyl adjacent to an activating group) is 2. The minimum Gasteiger partial charge on any atom is -0.340 e. The maximum atomic E-state index is 11.9. The predicted octanol–water partition coefficient (Wildman–Crippen LogP) is 0.147. The number of likely N-dealkylation sites (tertiary alicyclic amines) is 1. The van der Waals surface area contributed by atoms with Gasteiger partial charge >= 0.3 is 0 Å². The van der Waals surface area contributed by atoms with Gasteiger partial charge in [-0.05, 0) is 40.9 Å². The zero-order valence-electron chi connectivity index (χ0n) is 10.3. The van der Waals surface area contributed by atoms with Crippen molar-refractivity contribution < 1.29 is 4.79 Å². The summed E-state index contributed by atoms with van der Waals surface area (Å²) in [7, 11) is 6.00. The summed E-state index contributed by atoms with van der Waals surface area (Å²) in [6.07, 6.45) is 2.32. The predicted molar refractivity (Wildman–Crippen MR) is 61.8 cm³/mol. The van der Waals surface area contributed by atoms with E-state index >= 15 is 0 Å². The van der Waals surface area contributed by atoms with Crippen LogP contribution >= 0.6 is 0 Å². The van der Waals surface area contributed by atoms with E-state index in [2.05, 4.69) is 24.3 Å². The van der Waals surface area contributed by atoms with Crippen LogP contribution in [0.1, 0.15) is 19.8 Å². The first-order valence-corrected chi connectivity index (χ1v) is 5.68. The van der Waals surface area contributed by atoms with Gasteiger partial charge in [0.25, 0.3) is 0 Å². The van der Waals surface area contributed by atoms with Gasteiger partial charge in [-0.25, -0.2) is 0 Å². The van der Waals surface area contributed by atoms with Crippen LogP contribution in [0.5, 0.6) is 0 Å². The Bertz CT molecular complexity index is 218. The second-order valence-electron chi connectivity index (χ2n) is 4.55. The first-order chi connectivity index (χ1) is 7.06. The first-order valence-electron chi connectivity index (χ1n) is 5.68. The number of amides is 1. The average Bonchev–Trinajstić information content (AvgIpc) is 2.27. The van der Waals surface area contributed by atoms with E-state index in [9.17, 15) is 4.79 Å². The summed E-state index contributed by atoms with van der Waals surface area (Å²) >= 11 is 0. The molecule has 0 spiro atoms. The first kappa shape index (κ1) is 12.5. The van der Waals surface area contributed by atoms with Crippen molar-refractivity contribution in [2.24, 2.45) is 0 Å². The van der Waals surface area contributed by atoms with Gasteiger partial charge in [0, 0.05) is 19.1 Å². The number of carbonyl (C=O) groups is 1. The van der Waals surface area contributed by atoms with E-state index in [4.69, 9.17) is 0 Å². The molecule has 0 bridgehead atoms. The van der Waals surface area contributed by atoms with Gasteiger partial charge in [0.05, 0.1) is 6.04 Å². The number of hydrogen-bond donors (Lipinski definition) is 1. The highest BCUT2D eigenvalue weighted by Crippen LogP contribution is 2.14. The van der Waals surface area contributed by atoms with Crippen molar-refractivity contribution >= 4 is 5.91 Å². The molecule has 4 nitrogen and oxygen atoms in total. The molecule has 0 aromatic heterocycles. The Hall–Kier alpha value is -0.610. The van der Waals surface area contributed by atoms with Crippen molar-refractivity contribution in [1.82, 2.24) is 15.1 Å². The Morgan fingerprint density at radius 3 is 2.73 bits per heavy atom. The minimum absolute atomic E-state index is 0.0640. The fourth-order valence-corrected chi connectivity index (χ4v) is 1.97. The molecule has 1 aliphatic rings. The van der Waals surface area contributed by atoms with E-state index in [1.165, 1.54) is 6.42 Å². The normalized spacial score (nSPS) is 24.3. The molecule has 2 atom stereocenters. The average molecular weight is 213 g/mol. The number of hydrogen-bond acceptors (Lipinski definition) is 3. The third-order valence-corrected chi connectivity index (χ3v) is 3.24. The second kappa shape index (κ2) is 5.47. The van der Waals surface area contributed by atoms with E-state index in [1.54, 1.807) is 0 Å². The largest absolute Gasteiger partial charge is 0.340 e. The lowest BCUT2D eigenvalue weighted by Gasteiger charge is -2.37. The fraction of sp³-hybridized carbons (Fsp3) is 0.909. The highest BCUT2D eigenvalue weighted by Gasteiger charge is 2.26. The molecule has 88 valence electrons. The van der Waals surface area contributed by atoms with Gasteiger partial charge in [0.1, 0.15) is 0 Å². The van der Waals surface area contributed by atoms with Gasteiger partial charge in [-0.15, -0.1) is 0 Å². The molecule has 0 radical (unpaired) electrons. The lowest BCUT2D eigenvalue weighted by atomic mass is 10.0. The smallest absolute Gasteiger partial charge is 0.239 e. The van der Waals surface area contributed by atoms with Crippen LogP contribution in [0.25, 0.3) is 0 Å². The van der Waals surface area contributed by atoms with Crippen LogP contribution in [0.15, 0.2) is 0 Å². The minimum atomic E-state index is -0.0640. The molecule has 0 aliphatic carbocycles. The Labute approximate surface area is 92.6 Å². The summed E-state index contributed by atoms with van der Waals surface area (Å²) in [6.45, 7) is 3.70. The molecule has 2 unspecified atom stereocenters. The maximum Gasteiger partial charge on any atom is 0.239 e. The highest BCUT2D eigenvalue weighted by atomic mass is 16.2. The van der Waals surface area contributed by atoms with E-state index in [-0.39, 0.29) is 11.9 Å². The molecule has 0 aromatic carbocycles. The van der Waals surface area contributed by atoms with E-state index in [0.717, 1.165) is 19.5 Å². The summed E-state index contributed by atoms with van der Waals surface area (Å²) in [4.78, 5) is 16.1. The van der Waals surface area contributed by atoms with Gasteiger partial charge in [-0.1, -0.05) is 0 Å². The maximum absolute atomic E-state index is 11.9. The molecule has 1 aliphatic heterocycles. The van der Waals surface area contributed by atoms with Crippen LogP contribution in [-0.4, -0.2) is 62.0 Å². The molecule has 1 heterocycles. The van der Waals surface area contributed by atoms with Gasteiger partial charge in [-0.3, -0.25) is 4.79 Å². The Morgan fingerprint density at radius 2 is 2.20 bits per heavy atom. The third kappa shape index (κ3) is 3.18. The van der Waals surface area contributed by atoms with Crippen molar-refractivity contribution in [3.63, 3.8) is 0 Å². The van der Waals surface area contributed by atoms with E-state index < -0.39 is 0 Å². The van der Waals surface area contributed by atoms with Gasteiger partial charge < -0.3 is 15.1 Å². The number of rotatable bonds is 3. The number of nitrogens with zero attached hydrogens (tertiary/aromatic N) is 2. The lowest BCUT2D eigenvalue weighted by Crippen LogP contribution is -2.52. The van der Waals surface area contributed by atoms with Crippen LogP contribution in [0.3, 0.4) is 0 Å². The molecule has 1 rings (SSSR count). The molecule has 0 aromatic rings. The van der Waals surface area contributed by atoms with Gasteiger partial charge in [-0.2, -0.15) is 0 Å². The SMILES string of the molecule is CNC(C)C(=O)N1CCCC(N(C)C)C1. The molecule has 1 amide bonds. The topological polar surface area (TPSA) is 35.6 Å². The third-order valence-electron chi connectivity index (χ3n) is 3.24. The standard InChI is InChI=1S/C11H23N3O/c1-9(12-2)11(15)14-7-5-6-10(8-14)13(3)4/h9-10,12H,5-8H2,1-4H3.